The van der Waals surface area contributed by atoms with Crippen LogP contribution in [0.1, 0.15) is 29.6 Å². The number of hydrogen-bond acceptors (Lipinski definition) is 3. The lowest BCUT2D eigenvalue weighted by Crippen LogP contribution is -2.33. The number of sulfonamides is 1. The Morgan fingerprint density at radius 3 is 2.43 bits per heavy atom. The average Bonchev–Trinajstić information content (AvgIpc) is 2.85. The van der Waals surface area contributed by atoms with Gasteiger partial charge >= 0.3 is 0 Å². The van der Waals surface area contributed by atoms with Gasteiger partial charge in [-0.1, -0.05) is 11.6 Å². The van der Waals surface area contributed by atoms with Crippen molar-refractivity contribution in [3.8, 4) is 0 Å². The van der Waals surface area contributed by atoms with Crippen LogP contribution < -0.4 is 5.32 Å². The molecular weight excluding hydrogens is 448 g/mol. The van der Waals surface area contributed by atoms with Crippen molar-refractivity contribution >= 4 is 33.2 Å². The van der Waals surface area contributed by atoms with Crippen LogP contribution in [-0.4, -0.2) is 37.6 Å². The molecule has 2 aromatic rings. The molecule has 1 aliphatic heterocycles. The second kappa shape index (κ2) is 8.52. The predicted octanol–water partition coefficient (Wildman–Crippen LogP) is 4.68. The molecule has 0 bridgehead atoms. The van der Waals surface area contributed by atoms with Crippen molar-refractivity contribution < 1.29 is 30.8 Å². The molecule has 11 heteroatoms. The summed E-state index contributed by atoms with van der Waals surface area (Å²) in [7, 11) is -4.43. The summed E-state index contributed by atoms with van der Waals surface area (Å²) in [5.74, 6) is -5.56. The molecule has 0 atom stereocenters. The maximum Gasteiger partial charge on any atom is 0.255 e. The van der Waals surface area contributed by atoms with Crippen molar-refractivity contribution in [3.05, 3.63) is 58.6 Å². The van der Waals surface area contributed by atoms with Gasteiger partial charge in [-0.3, -0.25) is 4.79 Å². The first kappa shape index (κ1) is 22.5. The number of carbonyl (C=O) groups excluding carboxylic acids is 1. The topological polar surface area (TPSA) is 66.5 Å². The van der Waals surface area contributed by atoms with Crippen molar-refractivity contribution in [3.63, 3.8) is 0 Å². The molecule has 1 fully saturated rings. The van der Waals surface area contributed by atoms with Crippen LogP contribution in [0.2, 0.25) is 5.02 Å². The Balaban J connectivity index is 1.86. The first-order valence-electron chi connectivity index (χ1n) is 8.93. The Morgan fingerprint density at radius 1 is 1.03 bits per heavy atom. The molecule has 1 saturated heterocycles. The average molecular weight is 465 g/mol. The maximum atomic E-state index is 14.3. The zero-order chi connectivity index (χ0) is 22.1. The van der Waals surface area contributed by atoms with Crippen LogP contribution in [0.15, 0.2) is 41.3 Å². The number of nitrogens with zero attached hydrogens (tertiary/aromatic N) is 1. The lowest BCUT2D eigenvalue weighted by atomic mass is 10.1. The number of alkyl halides is 2. The van der Waals surface area contributed by atoms with Crippen LogP contribution in [0.25, 0.3) is 0 Å². The third-order valence-corrected chi connectivity index (χ3v) is 6.87. The van der Waals surface area contributed by atoms with E-state index in [1.54, 1.807) is 0 Å². The molecule has 3 rings (SSSR count). The molecule has 1 amide bonds. The predicted molar refractivity (Wildman–Crippen MR) is 103 cm³/mol. The summed E-state index contributed by atoms with van der Waals surface area (Å²) in [6.45, 7) is -0.638. The fourth-order valence-corrected chi connectivity index (χ4v) is 4.79. The van der Waals surface area contributed by atoms with E-state index in [4.69, 9.17) is 11.6 Å². The third kappa shape index (κ3) is 4.93. The van der Waals surface area contributed by atoms with Crippen LogP contribution >= 0.6 is 11.6 Å². The van der Waals surface area contributed by atoms with Gasteiger partial charge < -0.3 is 5.32 Å². The second-order valence-electron chi connectivity index (χ2n) is 6.84. The minimum atomic E-state index is -4.43. The molecule has 2 aromatic carbocycles. The molecule has 5 nitrogen and oxygen atoms in total. The minimum Gasteiger partial charge on any atom is -0.322 e. The van der Waals surface area contributed by atoms with Gasteiger partial charge in [0.25, 0.3) is 5.91 Å². The van der Waals surface area contributed by atoms with E-state index in [-0.39, 0.29) is 29.2 Å². The third-order valence-electron chi connectivity index (χ3n) is 4.67. The quantitative estimate of drug-likeness (QED) is 0.668. The first-order valence-corrected chi connectivity index (χ1v) is 10.8. The smallest absolute Gasteiger partial charge is 0.255 e. The first-order chi connectivity index (χ1) is 14.0. The van der Waals surface area contributed by atoms with Gasteiger partial charge in [0.05, 0.1) is 5.02 Å². The van der Waals surface area contributed by atoms with E-state index >= 15 is 0 Å². The highest BCUT2D eigenvalue weighted by atomic mass is 35.5. The van der Waals surface area contributed by atoms with E-state index in [1.807, 2.05) is 0 Å². The van der Waals surface area contributed by atoms with Crippen LogP contribution in [-0.2, 0) is 10.0 Å². The van der Waals surface area contributed by atoms with E-state index in [9.17, 15) is 30.8 Å². The van der Waals surface area contributed by atoms with Crippen LogP contribution in [0.4, 0.5) is 23.2 Å². The van der Waals surface area contributed by atoms with Gasteiger partial charge in [0.1, 0.15) is 16.5 Å². The summed E-state index contributed by atoms with van der Waals surface area (Å²) < 4.78 is 81.1. The van der Waals surface area contributed by atoms with Gasteiger partial charge in [-0.2, -0.15) is 4.31 Å². The normalized spacial score (nSPS) is 17.4. The maximum absolute atomic E-state index is 14.3. The molecule has 0 saturated carbocycles. The molecule has 0 radical (unpaired) electrons. The van der Waals surface area contributed by atoms with E-state index in [1.165, 1.54) is 6.07 Å². The Morgan fingerprint density at radius 2 is 1.73 bits per heavy atom. The van der Waals surface area contributed by atoms with Gasteiger partial charge in [-0.05, 0) is 42.8 Å². The van der Waals surface area contributed by atoms with Gasteiger partial charge in [0, 0.05) is 37.2 Å². The van der Waals surface area contributed by atoms with E-state index in [2.05, 4.69) is 5.32 Å². The fraction of sp³-hybridized carbons (Fsp3) is 0.316. The summed E-state index contributed by atoms with van der Waals surface area (Å²) in [4.78, 5) is 11.7. The molecular formula is C19H17ClF4N2O3S. The van der Waals surface area contributed by atoms with Crippen LogP contribution in [0.3, 0.4) is 0 Å². The van der Waals surface area contributed by atoms with Crippen molar-refractivity contribution in [2.75, 3.05) is 18.4 Å². The summed E-state index contributed by atoms with van der Waals surface area (Å²) in [6.07, 6.45) is -1.19. The van der Waals surface area contributed by atoms with Gasteiger partial charge in [-0.15, -0.1) is 0 Å². The number of halogens is 5. The Bertz CT molecular complexity index is 1080. The molecule has 0 unspecified atom stereocenters. The Labute approximate surface area is 175 Å². The van der Waals surface area contributed by atoms with Crippen LogP contribution in [0.5, 0.6) is 0 Å². The highest BCUT2D eigenvalue weighted by Crippen LogP contribution is 2.31. The zero-order valence-corrected chi connectivity index (χ0v) is 17.0. The number of rotatable bonds is 4. The molecule has 1 N–H and O–H groups in total. The highest BCUT2D eigenvalue weighted by molar-refractivity contribution is 7.89. The minimum absolute atomic E-state index is 0.0701. The van der Waals surface area contributed by atoms with Crippen molar-refractivity contribution in [2.45, 2.75) is 30.1 Å². The summed E-state index contributed by atoms with van der Waals surface area (Å²) in [5.41, 5.74) is -0.0366. The van der Waals surface area contributed by atoms with Crippen molar-refractivity contribution in [1.29, 1.82) is 0 Å². The fourth-order valence-electron chi connectivity index (χ4n) is 3.04. The molecule has 162 valence electrons. The van der Waals surface area contributed by atoms with Crippen molar-refractivity contribution in [1.82, 2.24) is 4.31 Å². The Hall–Kier alpha value is -2.17. The number of benzene rings is 2. The lowest BCUT2D eigenvalue weighted by molar-refractivity contribution is -0.0116. The number of anilines is 1. The van der Waals surface area contributed by atoms with E-state index < -0.39 is 57.8 Å². The second-order valence-corrected chi connectivity index (χ2v) is 9.16. The summed E-state index contributed by atoms with van der Waals surface area (Å²) in [5, 5.41) is 2.18. The number of hydrogen-bond donors (Lipinski definition) is 1. The zero-order valence-electron chi connectivity index (χ0n) is 15.5. The highest BCUT2D eigenvalue weighted by Gasteiger charge is 2.37. The molecule has 30 heavy (non-hydrogen) atoms. The lowest BCUT2D eigenvalue weighted by Gasteiger charge is -2.21. The van der Waals surface area contributed by atoms with E-state index in [0.29, 0.717) is 0 Å². The SMILES string of the molecule is O=C(Nc1ccc(F)c(Cl)c1)c1ccc(F)c(S(=O)(=O)N2CCCC(F)(F)CC2)c1. The van der Waals surface area contributed by atoms with Crippen LogP contribution in [0, 0.1) is 11.6 Å². The van der Waals surface area contributed by atoms with Gasteiger partial charge in [0.2, 0.25) is 15.9 Å². The standard InChI is InChI=1S/C19H17ClF4N2O3S/c20-14-11-13(3-5-15(14)21)25-18(27)12-2-4-16(22)17(10-12)30(28,29)26-8-1-6-19(23,24)7-9-26/h2-5,10-11H,1,6-9H2,(H,25,27). The Kier molecular flexibility index (Phi) is 6.40. The molecule has 0 aliphatic carbocycles. The molecule has 0 spiro atoms. The van der Waals surface area contributed by atoms with Crippen molar-refractivity contribution in [2.24, 2.45) is 0 Å². The summed E-state index contributed by atoms with van der Waals surface area (Å²) in [6, 6.07) is 6.17. The largest absolute Gasteiger partial charge is 0.322 e. The number of amides is 1. The monoisotopic (exact) mass is 464 g/mol. The van der Waals surface area contributed by atoms with Gasteiger partial charge in [0.15, 0.2) is 0 Å². The molecule has 0 aromatic heterocycles. The number of nitrogens with one attached hydrogen (secondary N) is 1. The molecule has 1 aliphatic rings. The summed E-state index contributed by atoms with van der Waals surface area (Å²) >= 11 is 5.65. The molecule has 1 heterocycles. The van der Waals surface area contributed by atoms with E-state index in [0.717, 1.165) is 34.6 Å². The number of carbonyl (C=O) groups is 1. The van der Waals surface area contributed by atoms with Gasteiger partial charge in [-0.25, -0.2) is 26.0 Å².